The zero-order chi connectivity index (χ0) is 42.0. The number of benzene rings is 2. The number of nitrogens with zero attached hydrogens (tertiary/aromatic N) is 4. The zero-order valence-corrected chi connectivity index (χ0v) is 33.0. The summed E-state index contributed by atoms with van der Waals surface area (Å²) in [5.74, 6) is -1.84. The van der Waals surface area contributed by atoms with Gasteiger partial charge in [0.1, 0.15) is 30.0 Å². The lowest BCUT2D eigenvalue weighted by Crippen LogP contribution is -2.33. The molecule has 3 aromatic rings. The number of phosphoric acid groups is 1. The Hall–Kier alpha value is -5.62. The van der Waals surface area contributed by atoms with Crippen molar-refractivity contribution in [3.05, 3.63) is 90.6 Å². The SMILES string of the molecule is COc1cc(C(CC(C)=O)OP(=O)(OCC2OC(n3cc(C)c(=O)[nH]c3=O)CC2N=[N+]=[N-])OC(CC(C)=O)c2ccc(OC(C)=O)c(OC)c2)ccc1OC(C)=O. The summed E-state index contributed by atoms with van der Waals surface area (Å²) in [5.41, 5.74) is 8.59. The second-order valence-electron chi connectivity index (χ2n) is 12.9. The number of ether oxygens (including phenoxy) is 5. The van der Waals surface area contributed by atoms with E-state index in [0.717, 1.165) is 4.57 Å². The number of carbonyl (C=O) groups excluding carboxylic acids is 4. The summed E-state index contributed by atoms with van der Waals surface area (Å²) in [5, 5.41) is 3.77. The van der Waals surface area contributed by atoms with E-state index in [-0.39, 0.29) is 59.0 Å². The molecule has 1 N–H and O–H groups in total. The predicted molar refractivity (Wildman–Crippen MR) is 198 cm³/mol. The minimum atomic E-state index is -4.99. The lowest BCUT2D eigenvalue weighted by atomic mass is 10.0. The normalized spacial score (nSPS) is 18.3. The van der Waals surface area contributed by atoms with Gasteiger partial charge in [-0.3, -0.25) is 47.1 Å². The van der Waals surface area contributed by atoms with Gasteiger partial charge in [-0.1, -0.05) is 17.2 Å². The standard InChI is InChI=1S/C36H42N5O15P/c1-19-17-41(36(47)38-35(19)46)34-16-26(39-40-37)33(54-34)18-51-57(48,55-29(12-20(2)42)24-8-10-27(52-22(4)44)31(14-24)49-6)56-30(13-21(3)43)25-9-11-28(53-23(5)45)32(15-25)50-7/h8-11,14-15,17,26,29-30,33-34H,12-13,16,18H2,1-7H3,(H,38,46,47). The van der Waals surface area contributed by atoms with Crippen LogP contribution in [0.2, 0.25) is 0 Å². The minimum absolute atomic E-state index is 0.0486. The van der Waals surface area contributed by atoms with Crippen LogP contribution in [0.1, 0.15) is 82.1 Å². The van der Waals surface area contributed by atoms with Crippen LogP contribution in [0.3, 0.4) is 0 Å². The first-order chi connectivity index (χ1) is 26.9. The highest BCUT2D eigenvalue weighted by atomic mass is 31.2. The molecule has 4 rings (SSSR count). The number of azide groups is 1. The fraction of sp³-hybridized carbons (Fsp3) is 0.444. The monoisotopic (exact) mass is 815 g/mol. The summed E-state index contributed by atoms with van der Waals surface area (Å²) in [6.45, 7) is 5.76. The van der Waals surface area contributed by atoms with Gasteiger partial charge in [-0.15, -0.1) is 0 Å². The topological polar surface area (TPSA) is 263 Å². The fourth-order valence-corrected chi connectivity index (χ4v) is 7.30. The number of phosphoric ester groups is 1. The van der Waals surface area contributed by atoms with Crippen molar-refractivity contribution in [2.75, 3.05) is 20.8 Å². The predicted octanol–water partition coefficient (Wildman–Crippen LogP) is 5.28. The maximum Gasteiger partial charge on any atom is 0.476 e. The van der Waals surface area contributed by atoms with Crippen molar-refractivity contribution < 1.29 is 61.0 Å². The van der Waals surface area contributed by atoms with Crippen LogP contribution in [0.15, 0.2) is 57.3 Å². The van der Waals surface area contributed by atoms with Crippen molar-refractivity contribution in [3.63, 3.8) is 0 Å². The highest BCUT2D eigenvalue weighted by molar-refractivity contribution is 7.48. The Kier molecular flexibility index (Phi) is 15.1. The third-order valence-corrected chi connectivity index (χ3v) is 9.83. The Morgan fingerprint density at radius 3 is 1.84 bits per heavy atom. The van der Waals surface area contributed by atoms with Crippen molar-refractivity contribution >= 4 is 31.3 Å². The maximum atomic E-state index is 15.0. The number of rotatable bonds is 19. The molecule has 0 saturated carbocycles. The molecule has 1 saturated heterocycles. The van der Waals surface area contributed by atoms with Gasteiger partial charge in [0.05, 0.1) is 33.0 Å². The van der Waals surface area contributed by atoms with E-state index in [1.807, 2.05) is 0 Å². The number of hydrogen-bond donors (Lipinski definition) is 1. The van der Waals surface area contributed by atoms with Crippen molar-refractivity contribution in [2.45, 2.75) is 84.5 Å². The zero-order valence-electron chi connectivity index (χ0n) is 32.1. The summed E-state index contributed by atoms with van der Waals surface area (Å²) in [6, 6.07) is 7.44. The Bertz CT molecular complexity index is 2120. The molecule has 5 unspecified atom stereocenters. The smallest absolute Gasteiger partial charge is 0.476 e. The number of methoxy groups -OCH3 is 2. The van der Waals surface area contributed by atoms with E-state index in [1.165, 1.54) is 91.4 Å². The first-order valence-electron chi connectivity index (χ1n) is 17.3. The molecule has 2 aromatic carbocycles. The summed E-state index contributed by atoms with van der Waals surface area (Å²) >= 11 is 0. The average Bonchev–Trinajstić information content (AvgIpc) is 3.53. The third kappa shape index (κ3) is 11.9. The summed E-state index contributed by atoms with van der Waals surface area (Å²) in [7, 11) is -2.36. The lowest BCUT2D eigenvalue weighted by molar-refractivity contribution is -0.132. The van der Waals surface area contributed by atoms with Gasteiger partial charge in [-0.2, -0.15) is 0 Å². The van der Waals surface area contributed by atoms with Gasteiger partial charge in [-0.05, 0) is 61.7 Å². The molecule has 2 heterocycles. The Balaban J connectivity index is 1.79. The number of nitrogens with one attached hydrogen (secondary N) is 1. The van der Waals surface area contributed by atoms with Crippen molar-refractivity contribution in [3.8, 4) is 23.0 Å². The van der Waals surface area contributed by atoms with E-state index in [4.69, 9.17) is 37.3 Å². The molecular weight excluding hydrogens is 773 g/mol. The number of aromatic amines is 1. The molecule has 21 heteroatoms. The Labute approximate surface area is 325 Å². The van der Waals surface area contributed by atoms with Crippen LogP contribution in [-0.4, -0.2) is 66.0 Å². The highest BCUT2D eigenvalue weighted by Gasteiger charge is 2.42. The number of hydrogen-bond acceptors (Lipinski definition) is 16. The fourth-order valence-electron chi connectivity index (χ4n) is 5.79. The molecule has 1 aliphatic rings. The minimum Gasteiger partial charge on any atom is -0.493 e. The maximum absolute atomic E-state index is 15.0. The van der Waals surface area contributed by atoms with E-state index in [0.29, 0.717) is 0 Å². The van der Waals surface area contributed by atoms with Crippen LogP contribution < -0.4 is 30.2 Å². The molecule has 57 heavy (non-hydrogen) atoms. The van der Waals surface area contributed by atoms with Crippen LogP contribution >= 0.6 is 7.82 Å². The summed E-state index contributed by atoms with van der Waals surface area (Å²) in [6.07, 6.45) is -4.49. The summed E-state index contributed by atoms with van der Waals surface area (Å²) in [4.78, 5) is 78.3. The van der Waals surface area contributed by atoms with Gasteiger partial charge >= 0.3 is 25.5 Å². The van der Waals surface area contributed by atoms with Gasteiger partial charge < -0.3 is 23.7 Å². The highest BCUT2D eigenvalue weighted by Crippen LogP contribution is 2.58. The number of carbonyl (C=O) groups is 4. The number of esters is 2. The number of aryl methyl sites for hydroxylation is 1. The van der Waals surface area contributed by atoms with Crippen LogP contribution in [0.25, 0.3) is 10.4 Å². The van der Waals surface area contributed by atoms with Gasteiger partial charge in [-0.25, -0.2) is 9.36 Å². The number of aromatic nitrogens is 2. The van der Waals surface area contributed by atoms with Gasteiger partial charge in [0, 0.05) is 49.8 Å². The van der Waals surface area contributed by atoms with Crippen LogP contribution in [-0.2, 0) is 42.1 Å². The van der Waals surface area contributed by atoms with Gasteiger partial charge in [0.2, 0.25) is 0 Å². The van der Waals surface area contributed by atoms with Crippen LogP contribution in [0.4, 0.5) is 0 Å². The summed E-state index contributed by atoms with van der Waals surface area (Å²) < 4.78 is 61.4. The van der Waals surface area contributed by atoms with E-state index in [2.05, 4.69) is 15.0 Å². The molecule has 0 spiro atoms. The van der Waals surface area contributed by atoms with E-state index >= 15 is 4.57 Å². The molecule has 20 nitrogen and oxygen atoms in total. The molecule has 1 aromatic heterocycles. The molecule has 0 aliphatic carbocycles. The van der Waals surface area contributed by atoms with Crippen LogP contribution in [0.5, 0.6) is 23.0 Å². The molecule has 1 fully saturated rings. The first-order valence-corrected chi connectivity index (χ1v) is 18.8. The van der Waals surface area contributed by atoms with Crippen molar-refractivity contribution in [1.29, 1.82) is 0 Å². The molecule has 0 radical (unpaired) electrons. The Morgan fingerprint density at radius 1 is 0.895 bits per heavy atom. The number of Topliss-reactive ketones (excluding diaryl/α,β-unsaturated/α-hetero) is 2. The molecule has 0 amide bonds. The van der Waals surface area contributed by atoms with Crippen molar-refractivity contribution in [1.82, 2.24) is 9.55 Å². The number of ketones is 2. The molecule has 0 bridgehead atoms. The first kappa shape index (κ1) is 44.1. The van der Waals surface area contributed by atoms with E-state index in [1.54, 1.807) is 0 Å². The molecule has 1 aliphatic heterocycles. The van der Waals surface area contributed by atoms with Gasteiger partial charge in [0.15, 0.2) is 23.0 Å². The molecule has 5 atom stereocenters. The Morgan fingerprint density at radius 2 is 1.40 bits per heavy atom. The molecular formula is C36H42N5O15P. The van der Waals surface area contributed by atoms with Crippen LogP contribution in [0, 0.1) is 6.92 Å². The second-order valence-corrected chi connectivity index (χ2v) is 14.4. The van der Waals surface area contributed by atoms with Gasteiger partial charge in [0.25, 0.3) is 5.56 Å². The number of H-pyrrole nitrogens is 1. The lowest BCUT2D eigenvalue weighted by Gasteiger charge is -2.29. The van der Waals surface area contributed by atoms with Crippen molar-refractivity contribution in [2.24, 2.45) is 5.11 Å². The van der Waals surface area contributed by atoms with E-state index < -0.39 is 79.8 Å². The second kappa shape index (κ2) is 19.5. The largest absolute Gasteiger partial charge is 0.493 e. The quantitative estimate of drug-likeness (QED) is 0.0403. The average molecular weight is 816 g/mol. The van der Waals surface area contributed by atoms with E-state index in [9.17, 15) is 34.3 Å². The molecule has 306 valence electrons. The third-order valence-electron chi connectivity index (χ3n) is 8.34.